The van der Waals surface area contributed by atoms with Crippen LogP contribution < -0.4 is 4.90 Å². The third-order valence-corrected chi connectivity index (χ3v) is 11.9. The predicted molar refractivity (Wildman–Crippen MR) is 269 cm³/mol. The van der Waals surface area contributed by atoms with Crippen LogP contribution in [0.5, 0.6) is 0 Å². The molecule has 0 aliphatic carbocycles. The average molecular weight is 806 g/mol. The third kappa shape index (κ3) is 7.58. The lowest BCUT2D eigenvalue weighted by molar-refractivity contribution is 1.28. The number of nitrogens with zero attached hydrogens (tertiary/aromatic N) is 1. The summed E-state index contributed by atoms with van der Waals surface area (Å²) in [6.07, 6.45) is 0. The molecule has 0 fully saturated rings. The fraction of sp³-hybridized carbons (Fsp3) is 0. The molecule has 11 rings (SSSR count). The van der Waals surface area contributed by atoms with E-state index in [1.807, 2.05) is 89.8 Å². The van der Waals surface area contributed by atoms with Crippen molar-refractivity contribution in [2.24, 2.45) is 0 Å². The minimum atomic E-state index is -0.127. The number of hydrogen-bond donors (Lipinski definition) is 0. The van der Waals surface area contributed by atoms with Crippen LogP contribution in [0.15, 0.2) is 261 Å². The molecule has 0 N–H and O–H groups in total. The number of hydrogen-bond acceptors (Lipinski definition) is 1. The zero-order chi connectivity index (χ0) is 45.4. The molecule has 0 atom stereocenters. The average Bonchev–Trinajstić information content (AvgIpc) is 3.39. The van der Waals surface area contributed by atoms with Gasteiger partial charge in [0.1, 0.15) is 0 Å². The summed E-state index contributed by atoms with van der Waals surface area (Å²) in [5.74, 6) is 0. The maximum Gasteiger partial charge on any atom is 0.0645 e. The van der Waals surface area contributed by atoms with E-state index in [0.717, 1.165) is 66.4 Å². The first-order valence-corrected chi connectivity index (χ1v) is 21.3. The zero-order valence-corrected chi connectivity index (χ0v) is 34.5. The number of anilines is 3. The molecule has 1 heteroatoms. The number of fused-ring (bicyclic) bond motifs is 2. The van der Waals surface area contributed by atoms with Crippen molar-refractivity contribution in [2.75, 3.05) is 4.90 Å². The monoisotopic (exact) mass is 805 g/mol. The molecule has 0 aliphatic heterocycles. The zero-order valence-electron chi connectivity index (χ0n) is 38.5. The second-order valence-electron chi connectivity index (χ2n) is 15.8. The Bertz CT molecular complexity index is 3580. The number of benzene rings is 11. The Morgan fingerprint density at radius 3 is 1.35 bits per heavy atom. The normalized spacial score (nSPS) is 12.1. The van der Waals surface area contributed by atoms with E-state index in [1.165, 1.54) is 10.8 Å². The van der Waals surface area contributed by atoms with Gasteiger partial charge in [-0.1, -0.05) is 206 Å². The minimum absolute atomic E-state index is 0.104. The molecule has 0 aromatic heterocycles. The van der Waals surface area contributed by atoms with Gasteiger partial charge in [0.25, 0.3) is 0 Å². The van der Waals surface area contributed by atoms with Gasteiger partial charge in [-0.3, -0.25) is 0 Å². The van der Waals surface area contributed by atoms with Crippen LogP contribution in [0.3, 0.4) is 0 Å². The van der Waals surface area contributed by atoms with E-state index in [1.54, 1.807) is 0 Å². The van der Waals surface area contributed by atoms with Crippen molar-refractivity contribution in [3.8, 4) is 66.8 Å². The summed E-state index contributed by atoms with van der Waals surface area (Å²) < 4.78 is 38.3. The van der Waals surface area contributed by atoms with Gasteiger partial charge in [0.2, 0.25) is 0 Å². The molecule has 1 nitrogen and oxygen atoms in total. The van der Waals surface area contributed by atoms with Gasteiger partial charge in [-0.05, 0) is 143 Å². The van der Waals surface area contributed by atoms with Gasteiger partial charge in [0, 0.05) is 17.1 Å². The molecule has 11 aromatic rings. The Labute approximate surface area is 375 Å². The van der Waals surface area contributed by atoms with E-state index in [0.29, 0.717) is 16.9 Å². The van der Waals surface area contributed by atoms with E-state index in [9.17, 15) is 5.48 Å². The lowest BCUT2D eigenvalue weighted by Crippen LogP contribution is -2.09. The molecule has 0 spiro atoms. The summed E-state index contributed by atoms with van der Waals surface area (Å²) in [6, 6.07) is 80.3. The van der Waals surface area contributed by atoms with Gasteiger partial charge in [-0.15, -0.1) is 0 Å². The molecule has 0 radical (unpaired) electrons. The second-order valence-corrected chi connectivity index (χ2v) is 15.8. The minimum Gasteiger partial charge on any atom is -0.311 e. The van der Waals surface area contributed by atoms with Crippen molar-refractivity contribution in [3.05, 3.63) is 261 Å². The van der Waals surface area contributed by atoms with Crippen molar-refractivity contribution >= 4 is 38.6 Å². The van der Waals surface area contributed by atoms with Crippen LogP contribution in [0.2, 0.25) is 0 Å². The lowest BCUT2D eigenvalue weighted by atomic mass is 9.89. The van der Waals surface area contributed by atoms with Crippen molar-refractivity contribution in [3.63, 3.8) is 0 Å². The maximum atomic E-state index is 9.66. The summed E-state index contributed by atoms with van der Waals surface area (Å²) in [6.45, 7) is 0. The van der Waals surface area contributed by atoms with Gasteiger partial charge in [0.15, 0.2) is 0 Å². The molecule has 0 heterocycles. The highest BCUT2D eigenvalue weighted by atomic mass is 15.1. The van der Waals surface area contributed by atoms with Crippen LogP contribution in [0.1, 0.15) is 5.48 Å². The molecule has 0 bridgehead atoms. The summed E-state index contributed by atoms with van der Waals surface area (Å²) in [7, 11) is 0. The summed E-state index contributed by atoms with van der Waals surface area (Å²) in [5, 5.41) is 4.68. The Kier molecular flexibility index (Phi) is 8.84. The van der Waals surface area contributed by atoms with Crippen molar-refractivity contribution in [1.82, 2.24) is 0 Å². The Balaban J connectivity index is 1.04. The third-order valence-electron chi connectivity index (χ3n) is 11.9. The van der Waals surface area contributed by atoms with Crippen molar-refractivity contribution < 1.29 is 5.48 Å². The van der Waals surface area contributed by atoms with E-state index in [4.69, 9.17) is 0 Å². The first-order valence-electron chi connectivity index (χ1n) is 23.3. The summed E-state index contributed by atoms with van der Waals surface area (Å²) >= 11 is 0. The second kappa shape index (κ2) is 16.7. The molecule has 63 heavy (non-hydrogen) atoms. The van der Waals surface area contributed by atoms with Crippen LogP contribution in [0.4, 0.5) is 17.1 Å². The maximum absolute atomic E-state index is 9.66. The first-order chi connectivity index (χ1) is 32.9. The lowest BCUT2D eigenvalue weighted by Gasteiger charge is -2.26. The van der Waals surface area contributed by atoms with E-state index >= 15 is 0 Å². The Hall–Kier alpha value is -8.26. The summed E-state index contributed by atoms with van der Waals surface area (Å²) in [4.78, 5) is 1.87. The molecule has 296 valence electrons. The molecule has 0 aliphatic rings. The highest BCUT2D eigenvalue weighted by Crippen LogP contribution is 2.42. The smallest absolute Gasteiger partial charge is 0.0645 e. The van der Waals surface area contributed by atoms with Crippen LogP contribution in [-0.4, -0.2) is 0 Å². The van der Waals surface area contributed by atoms with E-state index < -0.39 is 0 Å². The molecule has 11 aromatic carbocycles. The van der Waals surface area contributed by atoms with Crippen molar-refractivity contribution in [2.45, 2.75) is 0 Å². The van der Waals surface area contributed by atoms with Crippen LogP contribution in [0, 0.1) is 0 Å². The van der Waals surface area contributed by atoms with Crippen LogP contribution >= 0.6 is 0 Å². The highest BCUT2D eigenvalue weighted by molar-refractivity contribution is 6.04. The van der Waals surface area contributed by atoms with Gasteiger partial charge in [0.05, 0.1) is 5.48 Å². The van der Waals surface area contributed by atoms with Crippen LogP contribution in [0.25, 0.3) is 88.3 Å². The SMILES string of the molecule is [2H]c1c([2H])c(N(c2ccc(-c3cccc(-c4ccc5ccccc5c4)c3)cc2)c2ccc(-c3c(-c4ccccc4)ccc4ccccc34)cc2)c([2H])c([2H])c1-c1cccc(-c2ccccc2)c1. The molecular formula is C62H43N. The topological polar surface area (TPSA) is 3.24 Å². The molecule has 0 unspecified atom stereocenters. The fourth-order valence-electron chi connectivity index (χ4n) is 8.72. The van der Waals surface area contributed by atoms with Crippen molar-refractivity contribution in [1.29, 1.82) is 0 Å². The fourth-order valence-corrected chi connectivity index (χ4v) is 8.72. The Morgan fingerprint density at radius 1 is 0.254 bits per heavy atom. The standard InChI is InChI=1S/C62H43N/c1-3-13-44(14-4-1)52-20-11-21-53(41-52)46-27-34-57(35-28-46)63(58-36-29-47(30-37-58)54-22-12-23-55(42-54)56-26-25-45-15-7-8-19-51(45)43-56)59-38-31-50(32-39-59)62-60-24-10-9-18-49(60)33-40-61(62)48-16-5-2-6-17-48/h1-43H/i27D,28D,34D,35D. The first kappa shape index (κ1) is 33.5. The highest BCUT2D eigenvalue weighted by Gasteiger charge is 2.17. The van der Waals surface area contributed by atoms with Gasteiger partial charge >= 0.3 is 0 Å². The molecule has 0 amide bonds. The van der Waals surface area contributed by atoms with E-state index in [-0.39, 0.29) is 35.4 Å². The summed E-state index contributed by atoms with van der Waals surface area (Å²) in [5.41, 5.74) is 13.1. The predicted octanol–water partition coefficient (Wildman–Crippen LogP) is 17.5. The number of rotatable bonds is 9. The van der Waals surface area contributed by atoms with E-state index in [2.05, 4.69) is 152 Å². The molecule has 0 saturated carbocycles. The van der Waals surface area contributed by atoms with Crippen LogP contribution in [-0.2, 0) is 0 Å². The van der Waals surface area contributed by atoms with Gasteiger partial charge in [-0.25, -0.2) is 0 Å². The Morgan fingerprint density at radius 2 is 0.698 bits per heavy atom. The molecular weight excluding hydrogens is 759 g/mol. The quantitative estimate of drug-likeness (QED) is 0.140. The van der Waals surface area contributed by atoms with Gasteiger partial charge in [-0.2, -0.15) is 0 Å². The van der Waals surface area contributed by atoms with Gasteiger partial charge < -0.3 is 4.90 Å². The largest absolute Gasteiger partial charge is 0.311 e. The molecule has 0 saturated heterocycles.